The van der Waals surface area contributed by atoms with Crippen LogP contribution in [0, 0.1) is 0 Å². The molecule has 0 spiro atoms. The SMILES string of the molecule is CCC(=O)Nc1cc(NC(C)(C)C)cc(C(C)(C)C)c1. The van der Waals surface area contributed by atoms with Crippen molar-refractivity contribution in [3.05, 3.63) is 23.8 Å². The first-order valence-electron chi connectivity index (χ1n) is 7.25. The van der Waals surface area contributed by atoms with Gasteiger partial charge in [-0.2, -0.15) is 0 Å². The quantitative estimate of drug-likeness (QED) is 0.850. The molecule has 0 radical (unpaired) electrons. The lowest BCUT2D eigenvalue weighted by molar-refractivity contribution is -0.115. The van der Waals surface area contributed by atoms with E-state index in [1.807, 2.05) is 13.0 Å². The minimum atomic E-state index is -0.0114. The maximum atomic E-state index is 11.6. The minimum Gasteiger partial charge on any atom is -0.380 e. The number of carbonyl (C=O) groups is 1. The lowest BCUT2D eigenvalue weighted by atomic mass is 9.86. The molecule has 0 aliphatic heterocycles. The van der Waals surface area contributed by atoms with Crippen molar-refractivity contribution in [2.24, 2.45) is 0 Å². The summed E-state index contributed by atoms with van der Waals surface area (Å²) in [6, 6.07) is 6.21. The van der Waals surface area contributed by atoms with E-state index < -0.39 is 0 Å². The molecule has 1 amide bonds. The largest absolute Gasteiger partial charge is 0.380 e. The fourth-order valence-electron chi connectivity index (χ4n) is 1.89. The van der Waals surface area contributed by atoms with E-state index in [0.29, 0.717) is 6.42 Å². The van der Waals surface area contributed by atoms with Gasteiger partial charge in [0.15, 0.2) is 0 Å². The van der Waals surface area contributed by atoms with Crippen LogP contribution >= 0.6 is 0 Å². The zero-order chi connectivity index (χ0) is 15.6. The average molecular weight is 276 g/mol. The van der Waals surface area contributed by atoms with Crippen molar-refractivity contribution in [3.8, 4) is 0 Å². The number of rotatable bonds is 3. The van der Waals surface area contributed by atoms with Crippen LogP contribution in [-0.4, -0.2) is 11.4 Å². The summed E-state index contributed by atoms with van der Waals surface area (Å²) in [4.78, 5) is 11.6. The lowest BCUT2D eigenvalue weighted by Crippen LogP contribution is -2.26. The number of anilines is 2. The van der Waals surface area contributed by atoms with Crippen LogP contribution < -0.4 is 10.6 Å². The van der Waals surface area contributed by atoms with Gasteiger partial charge >= 0.3 is 0 Å². The Kier molecular flexibility index (Phi) is 4.85. The van der Waals surface area contributed by atoms with Crippen LogP contribution in [0.15, 0.2) is 18.2 Å². The Balaban J connectivity index is 3.18. The van der Waals surface area contributed by atoms with Gasteiger partial charge in [0.25, 0.3) is 0 Å². The third kappa shape index (κ3) is 5.24. The van der Waals surface area contributed by atoms with Gasteiger partial charge in [-0.15, -0.1) is 0 Å². The second-order valence-electron chi connectivity index (χ2n) is 7.33. The maximum absolute atomic E-state index is 11.6. The molecule has 0 unspecified atom stereocenters. The number of carbonyl (C=O) groups excluding carboxylic acids is 1. The summed E-state index contributed by atoms with van der Waals surface area (Å²) in [5.41, 5.74) is 3.13. The molecule has 1 aromatic carbocycles. The fraction of sp³-hybridized carbons (Fsp3) is 0.588. The molecular formula is C17H28N2O. The normalized spacial score (nSPS) is 12.2. The van der Waals surface area contributed by atoms with Crippen LogP contribution in [0.25, 0.3) is 0 Å². The van der Waals surface area contributed by atoms with Gasteiger partial charge in [0, 0.05) is 23.3 Å². The van der Waals surface area contributed by atoms with Crippen LogP contribution in [0.1, 0.15) is 60.5 Å². The van der Waals surface area contributed by atoms with Gasteiger partial charge in [-0.1, -0.05) is 27.7 Å². The van der Waals surface area contributed by atoms with E-state index in [4.69, 9.17) is 0 Å². The molecule has 0 fully saturated rings. The first kappa shape index (κ1) is 16.5. The average Bonchev–Trinajstić information content (AvgIpc) is 2.24. The predicted octanol–water partition coefficient (Wildman–Crippen LogP) is 4.54. The molecule has 3 nitrogen and oxygen atoms in total. The Hall–Kier alpha value is -1.51. The number of hydrogen-bond donors (Lipinski definition) is 2. The highest BCUT2D eigenvalue weighted by Crippen LogP contribution is 2.30. The molecule has 0 atom stereocenters. The zero-order valence-corrected chi connectivity index (χ0v) is 13.8. The highest BCUT2D eigenvalue weighted by atomic mass is 16.1. The highest BCUT2D eigenvalue weighted by molar-refractivity contribution is 5.91. The Labute approximate surface area is 123 Å². The van der Waals surface area contributed by atoms with Crippen LogP contribution in [-0.2, 0) is 10.2 Å². The molecule has 112 valence electrons. The molecule has 0 aliphatic rings. The summed E-state index contributed by atoms with van der Waals surface area (Å²) in [7, 11) is 0. The van der Waals surface area contributed by atoms with Crippen molar-refractivity contribution in [2.75, 3.05) is 10.6 Å². The molecule has 0 aromatic heterocycles. The molecule has 0 saturated heterocycles. The first-order chi connectivity index (χ1) is 9.01. The smallest absolute Gasteiger partial charge is 0.224 e. The van der Waals surface area contributed by atoms with E-state index in [-0.39, 0.29) is 16.9 Å². The topological polar surface area (TPSA) is 41.1 Å². The van der Waals surface area contributed by atoms with Crippen LogP contribution in [0.5, 0.6) is 0 Å². The summed E-state index contributed by atoms with van der Waals surface area (Å²) >= 11 is 0. The minimum absolute atomic E-state index is 0.0114. The number of nitrogens with one attached hydrogen (secondary N) is 2. The van der Waals surface area contributed by atoms with E-state index in [1.165, 1.54) is 5.56 Å². The van der Waals surface area contributed by atoms with Gasteiger partial charge in [-0.3, -0.25) is 4.79 Å². The summed E-state index contributed by atoms with van der Waals surface area (Å²) < 4.78 is 0. The van der Waals surface area contributed by atoms with Crippen molar-refractivity contribution in [2.45, 2.75) is 65.8 Å². The van der Waals surface area contributed by atoms with E-state index in [0.717, 1.165) is 11.4 Å². The number of hydrogen-bond acceptors (Lipinski definition) is 2. The van der Waals surface area contributed by atoms with Gasteiger partial charge in [0.2, 0.25) is 5.91 Å². The van der Waals surface area contributed by atoms with Crippen molar-refractivity contribution in [3.63, 3.8) is 0 Å². The molecule has 2 N–H and O–H groups in total. The molecular weight excluding hydrogens is 248 g/mol. The summed E-state index contributed by atoms with van der Waals surface area (Å²) in [5.74, 6) is 0.0396. The highest BCUT2D eigenvalue weighted by Gasteiger charge is 2.17. The summed E-state index contributed by atoms with van der Waals surface area (Å²) in [5, 5.41) is 6.43. The summed E-state index contributed by atoms with van der Waals surface area (Å²) in [6.45, 7) is 14.8. The molecule has 3 heteroatoms. The van der Waals surface area contributed by atoms with Gasteiger partial charge in [-0.25, -0.2) is 0 Å². The Morgan fingerprint density at radius 3 is 2.00 bits per heavy atom. The Bertz CT molecular complexity index is 479. The maximum Gasteiger partial charge on any atom is 0.224 e. The third-order valence-corrected chi connectivity index (χ3v) is 2.92. The van der Waals surface area contributed by atoms with Gasteiger partial charge in [0.1, 0.15) is 0 Å². The van der Waals surface area contributed by atoms with E-state index in [9.17, 15) is 4.79 Å². The lowest BCUT2D eigenvalue weighted by Gasteiger charge is -2.26. The van der Waals surface area contributed by atoms with Gasteiger partial charge in [-0.05, 0) is 49.9 Å². The van der Waals surface area contributed by atoms with Gasteiger partial charge < -0.3 is 10.6 Å². The predicted molar refractivity (Wildman–Crippen MR) is 87.4 cm³/mol. The number of benzene rings is 1. The second-order valence-corrected chi connectivity index (χ2v) is 7.33. The standard InChI is InChI=1S/C17H28N2O/c1-8-15(20)18-13-9-12(16(2,3)4)10-14(11-13)19-17(5,6)7/h9-11,19H,8H2,1-7H3,(H,18,20). The second kappa shape index (κ2) is 5.86. The zero-order valence-electron chi connectivity index (χ0n) is 13.8. The van der Waals surface area contributed by atoms with E-state index in [2.05, 4.69) is 64.3 Å². The first-order valence-corrected chi connectivity index (χ1v) is 7.25. The molecule has 0 bridgehead atoms. The van der Waals surface area contributed by atoms with E-state index >= 15 is 0 Å². The third-order valence-electron chi connectivity index (χ3n) is 2.92. The molecule has 0 saturated carbocycles. The molecule has 0 aliphatic carbocycles. The fourth-order valence-corrected chi connectivity index (χ4v) is 1.89. The number of amides is 1. The molecule has 0 heterocycles. The van der Waals surface area contributed by atoms with Crippen LogP contribution in [0.3, 0.4) is 0 Å². The van der Waals surface area contributed by atoms with Crippen LogP contribution in [0.4, 0.5) is 11.4 Å². The monoisotopic (exact) mass is 276 g/mol. The van der Waals surface area contributed by atoms with Crippen molar-refractivity contribution in [1.29, 1.82) is 0 Å². The van der Waals surface area contributed by atoms with Crippen molar-refractivity contribution < 1.29 is 4.79 Å². The van der Waals surface area contributed by atoms with Crippen LogP contribution in [0.2, 0.25) is 0 Å². The van der Waals surface area contributed by atoms with Crippen molar-refractivity contribution in [1.82, 2.24) is 0 Å². The molecule has 1 aromatic rings. The Morgan fingerprint density at radius 2 is 1.55 bits per heavy atom. The van der Waals surface area contributed by atoms with E-state index in [1.54, 1.807) is 0 Å². The summed E-state index contributed by atoms with van der Waals surface area (Å²) in [6.07, 6.45) is 0.488. The molecule has 20 heavy (non-hydrogen) atoms. The molecule has 1 rings (SSSR count). The Morgan fingerprint density at radius 1 is 1.00 bits per heavy atom. The van der Waals surface area contributed by atoms with Crippen molar-refractivity contribution >= 4 is 17.3 Å². The van der Waals surface area contributed by atoms with Gasteiger partial charge in [0.05, 0.1) is 0 Å².